The lowest BCUT2D eigenvalue weighted by molar-refractivity contribution is -0.126. The zero-order chi connectivity index (χ0) is 15.9. The predicted octanol–water partition coefficient (Wildman–Crippen LogP) is 3.10. The smallest absolute Gasteiger partial charge is 0.223 e. The summed E-state index contributed by atoms with van der Waals surface area (Å²) in [5.74, 6) is 1.91. The Hall–Kier alpha value is -1.26. The van der Waals surface area contributed by atoms with Gasteiger partial charge >= 0.3 is 0 Å². The van der Waals surface area contributed by atoms with Gasteiger partial charge in [-0.3, -0.25) is 4.79 Å². The highest BCUT2D eigenvalue weighted by Gasteiger charge is 2.31. The SMILES string of the molecule is CC(C)c1ccccc1OCCNC(=O)[C@@H]1CCC[C@@H]1CN.Cl. The van der Waals surface area contributed by atoms with E-state index in [1.54, 1.807) is 0 Å². The summed E-state index contributed by atoms with van der Waals surface area (Å²) in [6.45, 7) is 5.94. The molecule has 1 aliphatic rings. The van der Waals surface area contributed by atoms with Crippen molar-refractivity contribution in [2.24, 2.45) is 17.6 Å². The second kappa shape index (κ2) is 9.78. The maximum atomic E-state index is 12.2. The van der Waals surface area contributed by atoms with E-state index >= 15 is 0 Å². The van der Waals surface area contributed by atoms with Crippen molar-refractivity contribution >= 4 is 18.3 Å². The minimum absolute atomic E-state index is 0. The lowest BCUT2D eigenvalue weighted by Crippen LogP contribution is -2.37. The summed E-state index contributed by atoms with van der Waals surface area (Å²) in [5.41, 5.74) is 6.93. The van der Waals surface area contributed by atoms with Crippen LogP contribution < -0.4 is 15.8 Å². The molecule has 1 fully saturated rings. The highest BCUT2D eigenvalue weighted by atomic mass is 35.5. The molecule has 4 nitrogen and oxygen atoms in total. The van der Waals surface area contributed by atoms with E-state index < -0.39 is 0 Å². The van der Waals surface area contributed by atoms with Crippen molar-refractivity contribution in [1.82, 2.24) is 5.32 Å². The van der Waals surface area contributed by atoms with E-state index in [2.05, 4.69) is 25.2 Å². The van der Waals surface area contributed by atoms with Crippen LogP contribution in [0.2, 0.25) is 0 Å². The maximum absolute atomic E-state index is 12.2. The van der Waals surface area contributed by atoms with Crippen LogP contribution in [-0.2, 0) is 4.79 Å². The molecule has 3 N–H and O–H groups in total. The van der Waals surface area contributed by atoms with Gasteiger partial charge in [-0.25, -0.2) is 0 Å². The van der Waals surface area contributed by atoms with Crippen molar-refractivity contribution in [3.05, 3.63) is 29.8 Å². The first-order valence-corrected chi connectivity index (χ1v) is 8.33. The lowest BCUT2D eigenvalue weighted by Gasteiger charge is -2.18. The summed E-state index contributed by atoms with van der Waals surface area (Å²) in [4.78, 5) is 12.2. The average molecular weight is 341 g/mol. The predicted molar refractivity (Wildman–Crippen MR) is 96.2 cm³/mol. The van der Waals surface area contributed by atoms with Gasteiger partial charge in [0.2, 0.25) is 5.91 Å². The third kappa shape index (κ3) is 5.40. The van der Waals surface area contributed by atoms with Gasteiger partial charge in [-0.15, -0.1) is 12.4 Å². The van der Waals surface area contributed by atoms with E-state index in [9.17, 15) is 4.79 Å². The standard InChI is InChI=1S/C18H28N2O2.ClH/c1-13(2)15-7-3-4-9-17(15)22-11-10-20-18(21)16-8-5-6-14(16)12-19;/h3-4,7,9,13-14,16H,5-6,8,10-12,19H2,1-2H3,(H,20,21);1H/t14-,16-;/m1./s1. The van der Waals surface area contributed by atoms with Gasteiger partial charge in [0.1, 0.15) is 12.4 Å². The summed E-state index contributed by atoms with van der Waals surface area (Å²) in [7, 11) is 0. The number of halogens is 1. The third-order valence-electron chi connectivity index (χ3n) is 4.50. The number of amides is 1. The molecule has 0 aromatic heterocycles. The number of nitrogens with two attached hydrogens (primary N) is 1. The molecular weight excluding hydrogens is 312 g/mol. The number of rotatable bonds is 7. The first-order valence-electron chi connectivity index (χ1n) is 8.33. The molecule has 5 heteroatoms. The van der Waals surface area contributed by atoms with Gasteiger partial charge < -0.3 is 15.8 Å². The Balaban J connectivity index is 0.00000264. The molecule has 0 spiro atoms. The Morgan fingerprint density at radius 3 is 2.78 bits per heavy atom. The van der Waals surface area contributed by atoms with Crippen molar-refractivity contribution in [3.8, 4) is 5.75 Å². The van der Waals surface area contributed by atoms with Crippen LogP contribution in [0, 0.1) is 11.8 Å². The third-order valence-corrected chi connectivity index (χ3v) is 4.50. The van der Waals surface area contributed by atoms with Crippen LogP contribution in [0.3, 0.4) is 0 Å². The molecule has 0 radical (unpaired) electrons. The molecule has 130 valence electrons. The van der Waals surface area contributed by atoms with E-state index in [0.717, 1.165) is 25.0 Å². The zero-order valence-electron chi connectivity index (χ0n) is 14.1. The Labute approximate surface area is 145 Å². The topological polar surface area (TPSA) is 64.3 Å². The molecule has 0 unspecified atom stereocenters. The number of ether oxygens (including phenoxy) is 1. The van der Waals surface area contributed by atoms with E-state index in [1.165, 1.54) is 5.56 Å². The van der Waals surface area contributed by atoms with Crippen LogP contribution in [0.5, 0.6) is 5.75 Å². The van der Waals surface area contributed by atoms with Crippen LogP contribution in [0.4, 0.5) is 0 Å². The van der Waals surface area contributed by atoms with E-state index in [4.69, 9.17) is 10.5 Å². The van der Waals surface area contributed by atoms with Crippen LogP contribution in [0.1, 0.15) is 44.6 Å². The van der Waals surface area contributed by atoms with Gasteiger partial charge in [0.15, 0.2) is 0 Å². The number of benzene rings is 1. The minimum Gasteiger partial charge on any atom is -0.491 e. The van der Waals surface area contributed by atoms with Crippen LogP contribution >= 0.6 is 12.4 Å². The molecule has 0 aliphatic heterocycles. The van der Waals surface area contributed by atoms with Crippen LogP contribution in [0.25, 0.3) is 0 Å². The van der Waals surface area contributed by atoms with Gasteiger partial charge in [-0.1, -0.05) is 38.5 Å². The Bertz CT molecular complexity index is 494. The van der Waals surface area contributed by atoms with Gasteiger partial charge in [0, 0.05) is 5.92 Å². The molecular formula is C18H29ClN2O2. The molecule has 1 aromatic carbocycles. The summed E-state index contributed by atoms with van der Waals surface area (Å²) < 4.78 is 5.83. The van der Waals surface area contributed by atoms with Crippen molar-refractivity contribution < 1.29 is 9.53 Å². The van der Waals surface area contributed by atoms with Gasteiger partial charge in [-0.2, -0.15) is 0 Å². The average Bonchev–Trinajstić information content (AvgIpc) is 3.00. The zero-order valence-corrected chi connectivity index (χ0v) is 14.9. The van der Waals surface area contributed by atoms with Crippen molar-refractivity contribution in [2.75, 3.05) is 19.7 Å². The molecule has 1 amide bonds. The van der Waals surface area contributed by atoms with Crippen molar-refractivity contribution in [1.29, 1.82) is 0 Å². The summed E-state index contributed by atoms with van der Waals surface area (Å²) in [6, 6.07) is 8.07. The minimum atomic E-state index is 0. The highest BCUT2D eigenvalue weighted by molar-refractivity contribution is 5.85. The van der Waals surface area contributed by atoms with E-state index in [1.807, 2.05) is 18.2 Å². The van der Waals surface area contributed by atoms with Crippen LogP contribution in [0.15, 0.2) is 24.3 Å². The molecule has 1 aliphatic carbocycles. The van der Waals surface area contributed by atoms with E-state index in [0.29, 0.717) is 31.5 Å². The molecule has 0 saturated heterocycles. The monoisotopic (exact) mass is 340 g/mol. The highest BCUT2D eigenvalue weighted by Crippen LogP contribution is 2.31. The Morgan fingerprint density at radius 2 is 2.09 bits per heavy atom. The normalized spacial score (nSPS) is 20.2. The largest absolute Gasteiger partial charge is 0.491 e. The summed E-state index contributed by atoms with van der Waals surface area (Å²) >= 11 is 0. The number of nitrogens with one attached hydrogen (secondary N) is 1. The molecule has 2 atom stereocenters. The molecule has 1 aromatic rings. The number of hydrogen-bond donors (Lipinski definition) is 2. The molecule has 1 saturated carbocycles. The quantitative estimate of drug-likeness (QED) is 0.750. The Kier molecular flexibility index (Phi) is 8.42. The fourth-order valence-electron chi connectivity index (χ4n) is 3.22. The number of carbonyl (C=O) groups is 1. The molecule has 2 rings (SSSR count). The first-order chi connectivity index (χ1) is 10.6. The second-order valence-corrected chi connectivity index (χ2v) is 6.37. The molecule has 0 heterocycles. The molecule has 23 heavy (non-hydrogen) atoms. The number of para-hydroxylation sites is 1. The fourth-order valence-corrected chi connectivity index (χ4v) is 3.22. The molecule has 0 bridgehead atoms. The van der Waals surface area contributed by atoms with Crippen LogP contribution in [-0.4, -0.2) is 25.6 Å². The van der Waals surface area contributed by atoms with E-state index in [-0.39, 0.29) is 24.2 Å². The Morgan fingerprint density at radius 1 is 1.35 bits per heavy atom. The lowest BCUT2D eigenvalue weighted by atomic mass is 9.95. The van der Waals surface area contributed by atoms with Gasteiger partial charge in [0.25, 0.3) is 0 Å². The first kappa shape index (κ1) is 19.8. The summed E-state index contributed by atoms with van der Waals surface area (Å²) in [5, 5.41) is 2.99. The second-order valence-electron chi connectivity index (χ2n) is 6.37. The number of carbonyl (C=O) groups excluding carboxylic acids is 1. The van der Waals surface area contributed by atoms with Gasteiger partial charge in [0.05, 0.1) is 6.54 Å². The maximum Gasteiger partial charge on any atom is 0.223 e. The number of hydrogen-bond acceptors (Lipinski definition) is 3. The van der Waals surface area contributed by atoms with Gasteiger partial charge in [-0.05, 0) is 42.9 Å². The van der Waals surface area contributed by atoms with Crippen molar-refractivity contribution in [2.45, 2.75) is 39.0 Å². The van der Waals surface area contributed by atoms with Crippen molar-refractivity contribution in [3.63, 3.8) is 0 Å². The fraction of sp³-hybridized carbons (Fsp3) is 0.611. The summed E-state index contributed by atoms with van der Waals surface area (Å²) in [6.07, 6.45) is 3.15.